The molecule has 0 aromatic rings. The van der Waals surface area contributed by atoms with Crippen molar-refractivity contribution in [2.45, 2.75) is 55.8 Å². The van der Waals surface area contributed by atoms with Crippen molar-refractivity contribution in [1.82, 2.24) is 0 Å². The van der Waals surface area contributed by atoms with Gasteiger partial charge in [0.1, 0.15) is 5.60 Å². The van der Waals surface area contributed by atoms with Crippen molar-refractivity contribution in [3.05, 3.63) is 0 Å². The number of rotatable bonds is 3. The molecule has 0 spiro atoms. The Morgan fingerprint density at radius 1 is 1.04 bits per heavy atom. The highest BCUT2D eigenvalue weighted by Gasteiger charge is 2.74. The maximum Gasteiger partial charge on any atom is 0.451 e. The van der Waals surface area contributed by atoms with Crippen LogP contribution in [-0.2, 0) is 19.6 Å². The number of hydrogen-bond acceptors (Lipinski definition) is 4. The first-order valence-electron chi connectivity index (χ1n) is 7.75. The van der Waals surface area contributed by atoms with Crippen LogP contribution in [0.4, 0.5) is 17.6 Å². The summed E-state index contributed by atoms with van der Waals surface area (Å²) in [5.41, 5.74) is -1.35. The molecule has 0 aromatic heterocycles. The summed E-state index contributed by atoms with van der Waals surface area (Å²) in [7, 11) is -6.39. The molecule has 138 valence electrons. The molecule has 4 fully saturated rings. The predicted molar refractivity (Wildman–Crippen MR) is 73.0 cm³/mol. The number of carbonyl (C=O) groups is 1. The molecule has 24 heavy (non-hydrogen) atoms. The molecule has 0 aromatic carbocycles. The molecular weight excluding hydrogens is 356 g/mol. The number of hydrogen-bond donors (Lipinski definition) is 1. The molecule has 4 aliphatic rings. The van der Waals surface area contributed by atoms with E-state index in [0.29, 0.717) is 37.5 Å². The lowest BCUT2D eigenvalue weighted by Gasteiger charge is -2.59. The van der Waals surface area contributed by atoms with E-state index in [1.807, 2.05) is 0 Å². The average Bonchev–Trinajstić information content (AvgIpc) is 2.40. The fraction of sp³-hybridized carbons (Fsp3) is 0.929. The van der Waals surface area contributed by atoms with Crippen molar-refractivity contribution in [2.24, 2.45) is 23.7 Å². The van der Waals surface area contributed by atoms with Crippen LogP contribution in [0.3, 0.4) is 0 Å². The Morgan fingerprint density at radius 3 is 1.79 bits per heavy atom. The lowest BCUT2D eigenvalue weighted by atomic mass is 9.50. The minimum Gasteiger partial charge on any atom is -0.455 e. The molecule has 0 aliphatic heterocycles. The van der Waals surface area contributed by atoms with Gasteiger partial charge < -0.3 is 4.74 Å². The van der Waals surface area contributed by atoms with Gasteiger partial charge in [-0.2, -0.15) is 21.6 Å². The van der Waals surface area contributed by atoms with E-state index in [2.05, 4.69) is 0 Å². The summed E-state index contributed by atoms with van der Waals surface area (Å²) in [6.45, 7) is 1.44. The van der Waals surface area contributed by atoms with Gasteiger partial charge in [-0.25, -0.2) is 9.18 Å². The molecule has 4 bridgehead atoms. The third-order valence-corrected chi connectivity index (χ3v) is 7.16. The van der Waals surface area contributed by atoms with E-state index in [-0.39, 0.29) is 11.8 Å². The lowest BCUT2D eigenvalue weighted by Crippen LogP contribution is -2.62. The van der Waals surface area contributed by atoms with Crippen molar-refractivity contribution < 1.29 is 40.1 Å². The Morgan fingerprint density at radius 2 is 1.46 bits per heavy atom. The Labute approximate surface area is 136 Å². The second kappa shape index (κ2) is 5.06. The van der Waals surface area contributed by atoms with E-state index in [0.717, 1.165) is 6.42 Å². The minimum atomic E-state index is -6.39. The zero-order valence-electron chi connectivity index (χ0n) is 12.8. The second-order valence-electron chi connectivity index (χ2n) is 7.45. The van der Waals surface area contributed by atoms with Crippen LogP contribution in [0.1, 0.15) is 39.0 Å². The molecule has 4 saturated carbocycles. The molecule has 1 atom stereocenters. The second-order valence-corrected chi connectivity index (χ2v) is 8.96. The topological polar surface area (TPSA) is 80.7 Å². The largest absolute Gasteiger partial charge is 0.455 e. The van der Waals surface area contributed by atoms with E-state index in [1.165, 1.54) is 6.92 Å². The van der Waals surface area contributed by atoms with Crippen LogP contribution in [0, 0.1) is 23.7 Å². The SMILES string of the molecule is CC1(OC(=O)C(F)(C(F)(F)F)S(=O)(=O)O)C2CC3CC(C2)CC1C3. The van der Waals surface area contributed by atoms with E-state index >= 15 is 0 Å². The molecular formula is C14H18F4O5S. The van der Waals surface area contributed by atoms with Crippen LogP contribution < -0.4 is 0 Å². The first kappa shape index (κ1) is 17.9. The van der Waals surface area contributed by atoms with Gasteiger partial charge in [0.2, 0.25) is 0 Å². The zero-order valence-corrected chi connectivity index (χ0v) is 13.7. The van der Waals surface area contributed by atoms with Crippen molar-refractivity contribution in [3.63, 3.8) is 0 Å². The molecule has 10 heteroatoms. The molecule has 5 nitrogen and oxygen atoms in total. The monoisotopic (exact) mass is 374 g/mol. The van der Waals surface area contributed by atoms with Gasteiger partial charge in [-0.1, -0.05) is 0 Å². The highest BCUT2D eigenvalue weighted by Crippen LogP contribution is 2.60. The quantitative estimate of drug-likeness (QED) is 0.467. The van der Waals surface area contributed by atoms with Crippen LogP contribution in [0.2, 0.25) is 0 Å². The standard InChI is InChI=1S/C14H18F4O5S/c1-12(9-3-7-2-8(5-9)6-10(12)4-7)23-11(19)13(15,14(16,17)18)24(20,21)22/h7-10H,2-6H2,1H3,(H,20,21,22). The first-order chi connectivity index (χ1) is 10.8. The fourth-order valence-electron chi connectivity index (χ4n) is 4.92. The van der Waals surface area contributed by atoms with E-state index in [4.69, 9.17) is 9.29 Å². The smallest absolute Gasteiger partial charge is 0.451 e. The van der Waals surface area contributed by atoms with E-state index < -0.39 is 32.9 Å². The summed E-state index contributed by atoms with van der Waals surface area (Å²) in [6, 6.07) is 0. The van der Waals surface area contributed by atoms with Crippen molar-refractivity contribution >= 4 is 16.1 Å². The van der Waals surface area contributed by atoms with Crippen molar-refractivity contribution in [2.75, 3.05) is 0 Å². The van der Waals surface area contributed by atoms with Gasteiger partial charge >= 0.3 is 27.3 Å². The summed E-state index contributed by atoms with van der Waals surface area (Å²) < 4.78 is 88.2. The maximum atomic E-state index is 14.1. The lowest BCUT2D eigenvalue weighted by molar-refractivity contribution is -0.241. The Balaban J connectivity index is 1.91. The molecule has 4 aliphatic carbocycles. The minimum absolute atomic E-state index is 0.225. The Hall–Kier alpha value is -0.900. The average molecular weight is 374 g/mol. The van der Waals surface area contributed by atoms with Crippen LogP contribution in [0.5, 0.6) is 0 Å². The van der Waals surface area contributed by atoms with Gasteiger partial charge in [0.25, 0.3) is 0 Å². The summed E-state index contributed by atoms with van der Waals surface area (Å²) in [6.07, 6.45) is -2.46. The van der Waals surface area contributed by atoms with Crippen molar-refractivity contribution in [1.29, 1.82) is 0 Å². The maximum absolute atomic E-state index is 14.1. The predicted octanol–water partition coefficient (Wildman–Crippen LogP) is 2.86. The molecule has 1 unspecified atom stereocenters. The van der Waals surface area contributed by atoms with E-state index in [9.17, 15) is 30.8 Å². The van der Waals surface area contributed by atoms with Gasteiger partial charge in [0.05, 0.1) is 0 Å². The number of alkyl halides is 4. The third-order valence-electron chi connectivity index (χ3n) is 6.05. The normalized spacial score (nSPS) is 41.1. The van der Waals surface area contributed by atoms with Crippen LogP contribution in [0.25, 0.3) is 0 Å². The number of halogens is 4. The van der Waals surface area contributed by atoms with Crippen LogP contribution >= 0.6 is 0 Å². The zero-order chi connectivity index (χ0) is 18.1. The third kappa shape index (κ3) is 2.36. The summed E-state index contributed by atoms with van der Waals surface area (Å²) in [5, 5.41) is -5.47. The van der Waals surface area contributed by atoms with Crippen LogP contribution in [0.15, 0.2) is 0 Å². The van der Waals surface area contributed by atoms with Crippen molar-refractivity contribution in [3.8, 4) is 0 Å². The summed E-state index contributed by atoms with van der Waals surface area (Å²) in [5.74, 6) is -2.22. The van der Waals surface area contributed by atoms with E-state index in [1.54, 1.807) is 0 Å². The molecule has 0 heterocycles. The van der Waals surface area contributed by atoms with Gasteiger partial charge in [-0.3, -0.25) is 4.55 Å². The summed E-state index contributed by atoms with van der Waals surface area (Å²) >= 11 is 0. The molecule has 0 amide bonds. The first-order valence-corrected chi connectivity index (χ1v) is 9.19. The molecule has 1 N–H and O–H groups in total. The van der Waals surface area contributed by atoms with Gasteiger partial charge in [0.15, 0.2) is 0 Å². The highest BCUT2D eigenvalue weighted by atomic mass is 32.2. The van der Waals surface area contributed by atoms with Gasteiger partial charge in [-0.15, -0.1) is 0 Å². The number of ether oxygens (including phenoxy) is 1. The summed E-state index contributed by atoms with van der Waals surface area (Å²) in [4.78, 5) is 11.9. The van der Waals surface area contributed by atoms with Gasteiger partial charge in [-0.05, 0) is 62.7 Å². The Bertz CT molecular complexity index is 631. The molecule has 0 radical (unpaired) electrons. The number of carbonyl (C=O) groups excluding carboxylic acids is 1. The number of esters is 1. The van der Waals surface area contributed by atoms with Gasteiger partial charge in [0, 0.05) is 0 Å². The molecule has 4 rings (SSSR count). The van der Waals surface area contributed by atoms with Crippen LogP contribution in [-0.4, -0.2) is 35.7 Å². The fourth-order valence-corrected chi connectivity index (χ4v) is 5.46. The highest BCUT2D eigenvalue weighted by molar-refractivity contribution is 7.88. The Kier molecular flexibility index (Phi) is 3.78. The molecule has 0 saturated heterocycles.